The first-order chi connectivity index (χ1) is 34.7. The van der Waals surface area contributed by atoms with Gasteiger partial charge in [0.25, 0.3) is 11.8 Å². The summed E-state index contributed by atoms with van der Waals surface area (Å²) < 4.78 is 14.3. The van der Waals surface area contributed by atoms with E-state index in [1.165, 1.54) is 31.2 Å². The third-order valence-corrected chi connectivity index (χ3v) is 11.2. The number of amides is 8. The predicted molar refractivity (Wildman–Crippen MR) is 265 cm³/mol. The maximum Gasteiger partial charge on any atom is 0.352 e. The zero-order valence-electron chi connectivity index (χ0n) is 41.0. The Morgan fingerprint density at radius 2 is 1.51 bits per heavy atom. The van der Waals surface area contributed by atoms with Crippen molar-refractivity contribution >= 4 is 64.9 Å². The standard InChI is InChI=1S/C45H73FN16O11/c1-25(56-42(70)36(34(63)23-50)61-38(66)28(51)11-2-4-16-47)37(65)55-24-35(64)57-30(13-7-18-49)43(71)62-20-15-33(62)41(69)60-32(22-26-9-6-10-27(46)21-26)40(68)58-29(12-3-5-17-48)39(67)59-31(44(72)73)14-8-19-54-45(52)53/h6,9-10,14,21,25,28-29,32-34,36,63H,2-5,7-8,11-13,15-20,22-24,47-51H2,1H3,(H,55,65)(H,56,70)(H,58,68)(H,59,67)(H,60,69)(H,61,66)(H,72,73)(H4,52,53,54)/b31-14-,57-30?/t25-,28-,29-,32-,33-,34-,36-/m0/s1. The van der Waals surface area contributed by atoms with Gasteiger partial charge in [-0.05, 0) is 102 Å². The Labute approximate surface area is 421 Å². The Hall–Kier alpha value is -6.98. The molecule has 22 N–H and O–H groups in total. The summed E-state index contributed by atoms with van der Waals surface area (Å²) >= 11 is 0. The number of hydrogen-bond acceptors (Lipinski definition) is 16. The van der Waals surface area contributed by atoms with E-state index in [-0.39, 0.29) is 88.4 Å². The molecule has 0 radical (unpaired) electrons. The molecule has 27 nitrogen and oxygen atoms in total. The second-order valence-electron chi connectivity index (χ2n) is 17.0. The van der Waals surface area contributed by atoms with Gasteiger partial charge in [-0.25, -0.2) is 14.2 Å². The van der Waals surface area contributed by atoms with Crippen molar-refractivity contribution in [2.45, 2.75) is 120 Å². The van der Waals surface area contributed by atoms with Gasteiger partial charge in [0, 0.05) is 26.1 Å². The lowest BCUT2D eigenvalue weighted by molar-refractivity contribution is -0.144. The molecule has 1 aliphatic heterocycles. The van der Waals surface area contributed by atoms with Crippen molar-refractivity contribution in [2.75, 3.05) is 45.8 Å². The maximum atomic E-state index is 14.3. The summed E-state index contributed by atoms with van der Waals surface area (Å²) in [6.45, 7) is 0.837. The fourth-order valence-corrected chi connectivity index (χ4v) is 7.02. The molecular formula is C45H73FN16O11. The van der Waals surface area contributed by atoms with Crippen molar-refractivity contribution in [3.05, 3.63) is 47.4 Å². The summed E-state index contributed by atoms with van der Waals surface area (Å²) in [5.41, 5.74) is 38.4. The molecule has 1 aliphatic rings. The number of benzene rings is 1. The van der Waals surface area contributed by atoms with Gasteiger partial charge in [0.05, 0.1) is 18.7 Å². The third-order valence-electron chi connectivity index (χ3n) is 11.2. The van der Waals surface area contributed by atoms with E-state index in [4.69, 9.17) is 40.1 Å². The molecular weight excluding hydrogens is 960 g/mol. The van der Waals surface area contributed by atoms with Crippen molar-refractivity contribution in [2.24, 2.45) is 50.1 Å². The number of nitrogens with zero attached hydrogens (tertiary/aromatic N) is 3. The number of aliphatic hydroxyl groups excluding tert-OH is 1. The molecule has 8 amide bonds. The Morgan fingerprint density at radius 3 is 2.10 bits per heavy atom. The molecule has 2 rings (SSSR count). The van der Waals surface area contributed by atoms with E-state index >= 15 is 0 Å². The van der Waals surface area contributed by atoms with E-state index in [9.17, 15) is 57.8 Å². The smallest absolute Gasteiger partial charge is 0.352 e. The van der Waals surface area contributed by atoms with Gasteiger partial charge in [-0.3, -0.25) is 43.3 Å². The zero-order valence-corrected chi connectivity index (χ0v) is 41.0. The van der Waals surface area contributed by atoms with Crippen molar-refractivity contribution < 1.29 is 57.8 Å². The number of rotatable bonds is 33. The second-order valence-corrected chi connectivity index (χ2v) is 17.0. The van der Waals surface area contributed by atoms with Gasteiger partial charge in [-0.1, -0.05) is 24.6 Å². The molecule has 1 fully saturated rings. The first kappa shape index (κ1) is 62.1. The van der Waals surface area contributed by atoms with Crippen LogP contribution in [0.4, 0.5) is 4.39 Å². The molecule has 1 aromatic carbocycles. The molecule has 1 heterocycles. The summed E-state index contributed by atoms with van der Waals surface area (Å²) in [5, 5.41) is 34.6. The van der Waals surface area contributed by atoms with Gasteiger partial charge in [0.1, 0.15) is 47.4 Å². The number of aliphatic carboxylic acids is 1. The van der Waals surface area contributed by atoms with Crippen molar-refractivity contribution in [1.82, 2.24) is 36.8 Å². The molecule has 0 saturated carbocycles. The number of carboxylic acid groups (broad SMARTS) is 1. The summed E-state index contributed by atoms with van der Waals surface area (Å²) in [7, 11) is 0. The van der Waals surface area contributed by atoms with Gasteiger partial charge >= 0.3 is 5.97 Å². The highest BCUT2D eigenvalue weighted by atomic mass is 19.1. The Kier molecular flexibility index (Phi) is 28.0. The number of aliphatic imine (C=N–C) groups is 2. The highest BCUT2D eigenvalue weighted by Crippen LogP contribution is 2.20. The minimum atomic E-state index is -1.58. The number of carboxylic acids is 1. The van der Waals surface area contributed by atoms with E-state index < -0.39 is 120 Å². The van der Waals surface area contributed by atoms with Crippen LogP contribution in [0.1, 0.15) is 76.7 Å². The normalized spacial score (nSPS) is 15.9. The summed E-state index contributed by atoms with van der Waals surface area (Å²) in [6.07, 6.45) is 1.71. The molecule has 0 bridgehead atoms. The largest absolute Gasteiger partial charge is 0.477 e. The minimum absolute atomic E-state index is 0.00160. The van der Waals surface area contributed by atoms with Crippen LogP contribution in [-0.4, -0.2) is 168 Å². The lowest BCUT2D eigenvalue weighted by atomic mass is 9.98. The van der Waals surface area contributed by atoms with Crippen LogP contribution in [0.3, 0.4) is 0 Å². The number of unbranched alkanes of at least 4 members (excludes halogenated alkanes) is 2. The fraction of sp³-hybridized carbons (Fsp3) is 0.578. The van der Waals surface area contributed by atoms with E-state index in [2.05, 4.69) is 41.9 Å². The minimum Gasteiger partial charge on any atom is -0.477 e. The lowest BCUT2D eigenvalue weighted by Crippen LogP contribution is -2.63. The molecule has 0 unspecified atom stereocenters. The number of halogens is 1. The Bertz CT molecular complexity index is 2160. The Balaban J connectivity index is 2.26. The summed E-state index contributed by atoms with van der Waals surface area (Å²) in [5.74, 6) is -9.40. The topological polar surface area (TPSA) is 476 Å². The number of likely N-dealkylation sites (tertiary alicyclic amines) is 1. The van der Waals surface area contributed by atoms with Crippen LogP contribution in [0.15, 0.2) is 46.0 Å². The molecule has 0 aromatic heterocycles. The number of carbonyl (C=O) groups excluding carboxylic acids is 8. The maximum absolute atomic E-state index is 14.3. The Morgan fingerprint density at radius 1 is 0.836 bits per heavy atom. The van der Waals surface area contributed by atoms with Crippen LogP contribution in [0.25, 0.3) is 0 Å². The second kappa shape index (κ2) is 32.9. The van der Waals surface area contributed by atoms with Crippen LogP contribution in [0, 0.1) is 5.82 Å². The number of guanidine groups is 1. The van der Waals surface area contributed by atoms with Crippen LogP contribution in [0.2, 0.25) is 0 Å². The highest BCUT2D eigenvalue weighted by molar-refractivity contribution is 6.40. The molecule has 7 atom stereocenters. The van der Waals surface area contributed by atoms with Crippen LogP contribution in [0.5, 0.6) is 0 Å². The van der Waals surface area contributed by atoms with E-state index in [0.29, 0.717) is 32.2 Å². The number of nitrogens with one attached hydrogen (secondary N) is 6. The SMILES string of the molecule is C[C@H](NC(=O)[C@@H](NC(=O)[C@@H](N)CCCCN)[C@@H](O)CN)C(=O)NCC(=O)N=C(CCCN)C(=O)N1CC[C@H]1C(=O)N[C@@H](Cc1cccc(F)c1)C(=O)N[C@@H](CCCCN)C(=O)N/C(=C\CCN=C(N)N)C(=O)O. The van der Waals surface area contributed by atoms with Gasteiger partial charge < -0.3 is 87.1 Å². The van der Waals surface area contributed by atoms with Crippen LogP contribution >= 0.6 is 0 Å². The summed E-state index contributed by atoms with van der Waals surface area (Å²) in [6, 6.07) is -2.74. The average molecular weight is 1030 g/mol. The van der Waals surface area contributed by atoms with Crippen LogP contribution < -0.4 is 72.0 Å². The summed E-state index contributed by atoms with van der Waals surface area (Å²) in [4.78, 5) is 128. The van der Waals surface area contributed by atoms with Crippen molar-refractivity contribution in [3.8, 4) is 0 Å². The quantitative estimate of drug-likeness (QED) is 0.0135. The zero-order chi connectivity index (χ0) is 54.6. The molecule has 406 valence electrons. The van der Waals surface area contributed by atoms with Gasteiger partial charge in [-0.15, -0.1) is 0 Å². The fourth-order valence-electron chi connectivity index (χ4n) is 7.02. The first-order valence-corrected chi connectivity index (χ1v) is 23.9. The lowest BCUT2D eigenvalue weighted by Gasteiger charge is -2.40. The highest BCUT2D eigenvalue weighted by Gasteiger charge is 2.41. The predicted octanol–water partition coefficient (Wildman–Crippen LogP) is -5.60. The van der Waals surface area contributed by atoms with Crippen LogP contribution in [-0.2, 0) is 49.6 Å². The molecule has 1 saturated heterocycles. The molecule has 1 aromatic rings. The number of nitrogens with two attached hydrogens (primary N) is 7. The van der Waals surface area contributed by atoms with Crippen molar-refractivity contribution in [3.63, 3.8) is 0 Å². The molecule has 0 spiro atoms. The third kappa shape index (κ3) is 22.1. The van der Waals surface area contributed by atoms with Crippen molar-refractivity contribution in [1.29, 1.82) is 0 Å². The average Bonchev–Trinajstić information content (AvgIpc) is 3.32. The molecule has 0 aliphatic carbocycles. The van der Waals surface area contributed by atoms with E-state index in [1.54, 1.807) is 0 Å². The van der Waals surface area contributed by atoms with Gasteiger partial charge in [0.2, 0.25) is 35.4 Å². The molecule has 73 heavy (non-hydrogen) atoms. The monoisotopic (exact) mass is 1030 g/mol. The number of carbonyl (C=O) groups is 9. The van der Waals surface area contributed by atoms with E-state index in [0.717, 1.165) is 11.0 Å². The number of hydrogen-bond donors (Lipinski definition) is 15. The van der Waals surface area contributed by atoms with Gasteiger partial charge in [-0.2, -0.15) is 0 Å². The van der Waals surface area contributed by atoms with E-state index in [1.807, 2.05) is 0 Å². The van der Waals surface area contributed by atoms with Gasteiger partial charge in [0.15, 0.2) is 5.96 Å². The first-order valence-electron chi connectivity index (χ1n) is 23.9. The molecule has 28 heteroatoms. The number of aliphatic hydroxyl groups is 1.